The van der Waals surface area contributed by atoms with E-state index >= 15 is 0 Å². The summed E-state index contributed by atoms with van der Waals surface area (Å²) in [6, 6.07) is 30.7. The standard InChI is InChI=1S/C18H15OSi.CCl3O.Zn/c19-20(16-10-4-1-5-11-16,17-12-6-2-7-13-17)18-14-8-3-9-15-18;2-1(3,4)5;/h1-15H;;/q2*-1;+2. The van der Waals surface area contributed by atoms with Crippen LogP contribution in [0.5, 0.6) is 0 Å². The molecule has 0 spiro atoms. The third-order valence-electron chi connectivity index (χ3n) is 4.04. The van der Waals surface area contributed by atoms with Crippen molar-refractivity contribution in [1.29, 1.82) is 0 Å². The van der Waals surface area contributed by atoms with Gasteiger partial charge in [-0.05, 0) is 0 Å². The molecule has 3 aromatic carbocycles. The van der Waals surface area contributed by atoms with Crippen LogP contribution < -0.4 is 15.6 Å². The van der Waals surface area contributed by atoms with Gasteiger partial charge in [-0.25, -0.2) is 0 Å². The van der Waals surface area contributed by atoms with Gasteiger partial charge in [-0.1, -0.05) is 0 Å². The van der Waals surface area contributed by atoms with Crippen LogP contribution in [0.3, 0.4) is 0 Å². The molecule has 0 saturated carbocycles. The summed E-state index contributed by atoms with van der Waals surface area (Å²) in [5.74, 6) is 0. The van der Waals surface area contributed by atoms with Crippen LogP contribution in [-0.4, -0.2) is 12.3 Å². The van der Waals surface area contributed by atoms with Crippen molar-refractivity contribution >= 4 is 58.7 Å². The van der Waals surface area contributed by atoms with Gasteiger partial charge in [0.15, 0.2) is 0 Å². The second-order valence-corrected chi connectivity index (χ2v) is 14.1. The first-order valence-electron chi connectivity index (χ1n) is 8.03. The molecule has 0 aliphatic rings. The fourth-order valence-corrected chi connectivity index (χ4v) is 12.3. The van der Waals surface area contributed by atoms with Crippen molar-refractivity contribution in [2.75, 3.05) is 0 Å². The van der Waals surface area contributed by atoms with Crippen LogP contribution >= 0.6 is 34.8 Å². The van der Waals surface area contributed by atoms with Crippen molar-refractivity contribution in [3.63, 3.8) is 0 Å². The van der Waals surface area contributed by atoms with Gasteiger partial charge >= 0.3 is 178 Å². The summed E-state index contributed by atoms with van der Waals surface area (Å²) in [6.45, 7) is 0. The molecular formula is C19H15Cl3O2SiZn. The van der Waals surface area contributed by atoms with Crippen LogP contribution in [0.4, 0.5) is 0 Å². The number of alkyl halides is 3. The molecule has 0 aromatic heterocycles. The quantitative estimate of drug-likeness (QED) is 0.306. The van der Waals surface area contributed by atoms with Crippen LogP contribution in [0.15, 0.2) is 91.0 Å². The van der Waals surface area contributed by atoms with Crippen LogP contribution in [0.2, 0.25) is 0 Å². The SMILES string of the molecule is ClC(Cl)(Cl)[O][Zn][O][Si](c1ccccc1)(c1ccccc1)c1ccccc1. The first kappa shape index (κ1) is 20.0. The minimum absolute atomic E-state index is 1.14. The van der Waals surface area contributed by atoms with Crippen LogP contribution in [0.1, 0.15) is 0 Å². The number of hydrogen-bond donors (Lipinski definition) is 0. The van der Waals surface area contributed by atoms with E-state index in [-0.39, 0.29) is 0 Å². The predicted octanol–water partition coefficient (Wildman–Crippen LogP) is 3.93. The summed E-state index contributed by atoms with van der Waals surface area (Å²) >= 11 is 15.3. The summed E-state index contributed by atoms with van der Waals surface area (Å²) in [6.07, 6.45) is 0. The number of rotatable bonds is 6. The molecule has 0 radical (unpaired) electrons. The van der Waals surface area contributed by atoms with E-state index in [0.717, 1.165) is 15.6 Å². The van der Waals surface area contributed by atoms with Gasteiger partial charge in [0.2, 0.25) is 0 Å². The minimum atomic E-state index is -2.74. The second-order valence-electron chi connectivity index (χ2n) is 5.63. The molecule has 3 aromatic rings. The van der Waals surface area contributed by atoms with E-state index in [9.17, 15) is 0 Å². The monoisotopic (exact) mass is 472 g/mol. The van der Waals surface area contributed by atoms with Gasteiger partial charge in [0.1, 0.15) is 0 Å². The molecular weight excluding hydrogens is 460 g/mol. The summed E-state index contributed by atoms with van der Waals surface area (Å²) in [4.78, 5) is 0. The first-order chi connectivity index (χ1) is 12.5. The fourth-order valence-electron chi connectivity index (χ4n) is 2.95. The molecule has 0 amide bonds. The Kier molecular flexibility index (Phi) is 6.93. The van der Waals surface area contributed by atoms with Crippen molar-refractivity contribution in [3.8, 4) is 0 Å². The second kappa shape index (κ2) is 8.99. The van der Waals surface area contributed by atoms with E-state index in [1.165, 1.54) is 0 Å². The molecule has 0 unspecified atom stereocenters. The van der Waals surface area contributed by atoms with E-state index in [0.29, 0.717) is 0 Å². The van der Waals surface area contributed by atoms with Crippen LogP contribution in [0.25, 0.3) is 0 Å². The molecule has 0 saturated heterocycles. The number of hydrogen-bond acceptors (Lipinski definition) is 2. The van der Waals surface area contributed by atoms with E-state index < -0.39 is 30.1 Å². The van der Waals surface area contributed by atoms with Crippen molar-refractivity contribution in [2.24, 2.45) is 0 Å². The topological polar surface area (TPSA) is 18.5 Å². The van der Waals surface area contributed by atoms with Gasteiger partial charge in [-0.2, -0.15) is 0 Å². The van der Waals surface area contributed by atoms with Gasteiger partial charge < -0.3 is 0 Å². The zero-order chi connectivity index (χ0) is 18.5. The number of halogens is 3. The summed E-state index contributed by atoms with van der Waals surface area (Å²) in [5, 5.41) is 3.41. The summed E-state index contributed by atoms with van der Waals surface area (Å²) in [5.41, 5.74) is 0. The van der Waals surface area contributed by atoms with Gasteiger partial charge in [-0.3, -0.25) is 0 Å². The molecule has 0 aliphatic carbocycles. The zero-order valence-corrected chi connectivity index (χ0v) is 20.1. The molecule has 0 atom stereocenters. The van der Waals surface area contributed by atoms with Gasteiger partial charge in [-0.15, -0.1) is 0 Å². The molecule has 0 fully saturated rings. The maximum absolute atomic E-state index is 6.61. The van der Waals surface area contributed by atoms with E-state index in [2.05, 4.69) is 36.4 Å². The molecule has 7 heteroatoms. The van der Waals surface area contributed by atoms with Crippen molar-refractivity contribution < 1.29 is 24.7 Å². The fraction of sp³-hybridized carbons (Fsp3) is 0.0526. The molecule has 3 rings (SSSR count). The molecule has 0 N–H and O–H groups in total. The van der Waals surface area contributed by atoms with E-state index in [1.807, 2.05) is 54.6 Å². The Morgan fingerprint density at radius 2 is 0.962 bits per heavy atom. The predicted molar refractivity (Wildman–Crippen MR) is 106 cm³/mol. The Morgan fingerprint density at radius 3 is 1.27 bits per heavy atom. The first-order valence-corrected chi connectivity index (χ1v) is 13.5. The third kappa shape index (κ3) is 4.76. The van der Waals surface area contributed by atoms with Gasteiger partial charge in [0, 0.05) is 0 Å². The summed E-state index contributed by atoms with van der Waals surface area (Å²) < 4.78 is 10.3. The van der Waals surface area contributed by atoms with Crippen molar-refractivity contribution in [1.82, 2.24) is 0 Å². The Hall–Kier alpha value is -0.710. The van der Waals surface area contributed by atoms with Crippen LogP contribution in [0, 0.1) is 0 Å². The number of benzene rings is 3. The normalized spacial score (nSPS) is 11.8. The molecule has 2 nitrogen and oxygen atoms in total. The molecule has 26 heavy (non-hydrogen) atoms. The van der Waals surface area contributed by atoms with E-state index in [4.69, 9.17) is 41.6 Å². The molecule has 0 aliphatic heterocycles. The Morgan fingerprint density at radius 1 is 0.615 bits per heavy atom. The van der Waals surface area contributed by atoms with Crippen molar-refractivity contribution in [3.05, 3.63) is 91.0 Å². The summed E-state index contributed by atoms with van der Waals surface area (Å²) in [7, 11) is -2.74. The van der Waals surface area contributed by atoms with Gasteiger partial charge in [0.05, 0.1) is 0 Å². The maximum atomic E-state index is 6.61. The molecule has 0 heterocycles. The zero-order valence-electron chi connectivity index (χ0n) is 13.8. The average Bonchev–Trinajstić information content (AvgIpc) is 2.67. The van der Waals surface area contributed by atoms with Crippen molar-refractivity contribution in [2.45, 2.75) is 3.98 Å². The van der Waals surface area contributed by atoms with E-state index in [1.54, 1.807) is 0 Å². The molecule has 130 valence electrons. The average molecular weight is 475 g/mol. The Bertz CT molecular complexity index is 718. The van der Waals surface area contributed by atoms with Crippen LogP contribution in [-0.2, 0) is 24.7 Å². The third-order valence-corrected chi connectivity index (χ3v) is 14.1. The molecule has 0 bridgehead atoms. The van der Waals surface area contributed by atoms with Gasteiger partial charge in [0.25, 0.3) is 0 Å². The Labute approximate surface area is 177 Å². The Balaban J connectivity index is 2.15.